The van der Waals surface area contributed by atoms with Gasteiger partial charge >= 0.3 is 5.97 Å². The zero-order valence-electron chi connectivity index (χ0n) is 30.5. The van der Waals surface area contributed by atoms with Gasteiger partial charge in [0.25, 0.3) is 5.91 Å². The average Bonchev–Trinajstić information content (AvgIpc) is 3.12. The van der Waals surface area contributed by atoms with Gasteiger partial charge in [-0.25, -0.2) is 4.79 Å². The van der Waals surface area contributed by atoms with Crippen LogP contribution in [0, 0.1) is 6.92 Å². The van der Waals surface area contributed by atoms with Crippen molar-refractivity contribution in [3.63, 3.8) is 0 Å². The summed E-state index contributed by atoms with van der Waals surface area (Å²) in [5.74, 6) is -1.14. The molecular weight excluding hydrogens is 626 g/mol. The second-order valence-electron chi connectivity index (χ2n) is 11.4. The van der Waals surface area contributed by atoms with E-state index in [9.17, 15) is 19.5 Å². The second kappa shape index (κ2) is 25.0. The number of aryl methyl sites for hydroxylation is 1. The summed E-state index contributed by atoms with van der Waals surface area (Å²) in [4.78, 5) is 37.0. The molecule has 0 saturated heterocycles. The Labute approximate surface area is 298 Å². The van der Waals surface area contributed by atoms with Gasteiger partial charge < -0.3 is 26.6 Å². The number of nitrogens with two attached hydrogens (primary N) is 2. The number of amides is 1. The number of esters is 1. The van der Waals surface area contributed by atoms with Crippen LogP contribution in [0.4, 0.5) is 0 Å². The van der Waals surface area contributed by atoms with E-state index in [1.807, 2.05) is 67.6 Å². The lowest BCUT2D eigenvalue weighted by Gasteiger charge is -2.13. The van der Waals surface area contributed by atoms with Crippen molar-refractivity contribution in [2.75, 3.05) is 26.2 Å². The van der Waals surface area contributed by atoms with Gasteiger partial charge in [0, 0.05) is 24.2 Å². The number of carbonyl (C=O) groups is 3. The average molecular weight is 682 g/mol. The van der Waals surface area contributed by atoms with Crippen LogP contribution in [0.5, 0.6) is 5.75 Å². The number of nitrogens with one attached hydrogen (secondary N) is 1. The topological polar surface area (TPSA) is 145 Å². The third kappa shape index (κ3) is 14.6. The molecule has 0 spiro atoms. The smallest absolute Gasteiger partial charge is 0.334 e. The molecular formula is C42H55N3O5. The number of carbonyl (C=O) groups excluding carboxylic acids is 3. The molecule has 1 amide bonds. The summed E-state index contributed by atoms with van der Waals surface area (Å²) < 4.78 is 5.29. The van der Waals surface area contributed by atoms with E-state index < -0.39 is 5.78 Å². The normalized spacial score (nSPS) is 9.68. The number of rotatable bonds is 11. The Morgan fingerprint density at radius 1 is 0.700 bits per heavy atom. The summed E-state index contributed by atoms with van der Waals surface area (Å²) in [6.45, 7) is 13.6. The summed E-state index contributed by atoms with van der Waals surface area (Å²) >= 11 is 0. The molecule has 6 N–H and O–H groups in total. The molecule has 4 aromatic rings. The monoisotopic (exact) mass is 681 g/mol. The zero-order valence-corrected chi connectivity index (χ0v) is 30.5. The molecule has 4 rings (SSSR count). The molecule has 0 aliphatic carbocycles. The second-order valence-corrected chi connectivity index (χ2v) is 11.4. The van der Waals surface area contributed by atoms with E-state index in [0.29, 0.717) is 38.2 Å². The number of ketones is 1. The van der Waals surface area contributed by atoms with Crippen molar-refractivity contribution in [1.29, 1.82) is 0 Å². The number of hydrogen-bond donors (Lipinski definition) is 4. The molecule has 50 heavy (non-hydrogen) atoms. The minimum absolute atomic E-state index is 0.0952. The van der Waals surface area contributed by atoms with E-state index in [2.05, 4.69) is 33.0 Å². The Morgan fingerprint density at radius 3 is 1.68 bits per heavy atom. The van der Waals surface area contributed by atoms with Crippen LogP contribution in [0.3, 0.4) is 0 Å². The third-order valence-corrected chi connectivity index (χ3v) is 6.63. The minimum Gasteiger partial charge on any atom is -0.507 e. The largest absolute Gasteiger partial charge is 0.507 e. The van der Waals surface area contributed by atoms with Gasteiger partial charge in [-0.1, -0.05) is 125 Å². The molecule has 4 aromatic carbocycles. The lowest BCUT2D eigenvalue weighted by molar-refractivity contribution is -0.138. The Morgan fingerprint density at radius 2 is 1.20 bits per heavy atom. The van der Waals surface area contributed by atoms with Crippen molar-refractivity contribution in [2.24, 2.45) is 11.5 Å². The van der Waals surface area contributed by atoms with Crippen LogP contribution in [-0.2, 0) is 9.53 Å². The zero-order chi connectivity index (χ0) is 37.3. The number of phenolic OH excluding ortho intramolecular Hbond substituents is 1. The standard InChI is InChI=1S/C19H21NO2.C17H18N2O3.2C3H8/c1-15(19(21)22-14-8-13-20)18(16-9-4-2-5-10-16)17-11-6-3-7-12-17;1-11-6-7-14(15(20)10-11)16(21)12-4-2-3-5-13(12)17(22)19-9-8-18;2*1-3-2/h2-7,9-12H,8,13-14,20H2,1H3;2-7,10,20H,8-9,18H2,1H3,(H,19,22);2*3H2,1-2H3. The third-order valence-electron chi connectivity index (χ3n) is 6.63. The minimum atomic E-state index is -0.393. The first-order valence-electron chi connectivity index (χ1n) is 17.2. The number of ether oxygens (including phenoxy) is 1. The van der Waals surface area contributed by atoms with Crippen LogP contribution < -0.4 is 16.8 Å². The maximum Gasteiger partial charge on any atom is 0.334 e. The highest BCUT2D eigenvalue weighted by molar-refractivity contribution is 6.16. The van der Waals surface area contributed by atoms with Gasteiger partial charge in [-0.05, 0) is 67.3 Å². The quantitative estimate of drug-likeness (QED) is 0.0546. The molecule has 0 saturated carbocycles. The molecule has 0 aromatic heterocycles. The fraction of sp³-hybridized carbons (Fsp3) is 0.310. The van der Waals surface area contributed by atoms with Crippen molar-refractivity contribution in [3.05, 3.63) is 142 Å². The van der Waals surface area contributed by atoms with E-state index in [0.717, 1.165) is 22.3 Å². The van der Waals surface area contributed by atoms with Crippen LogP contribution in [0.25, 0.3) is 5.57 Å². The summed E-state index contributed by atoms with van der Waals surface area (Å²) in [6.07, 6.45) is 3.17. The summed E-state index contributed by atoms with van der Waals surface area (Å²) in [5.41, 5.74) is 15.8. The molecule has 0 atom stereocenters. The van der Waals surface area contributed by atoms with Gasteiger partial charge in [0.2, 0.25) is 0 Å². The highest BCUT2D eigenvalue weighted by atomic mass is 16.5. The van der Waals surface area contributed by atoms with Gasteiger partial charge in [-0.15, -0.1) is 0 Å². The molecule has 268 valence electrons. The number of phenols is 1. The fourth-order valence-corrected chi connectivity index (χ4v) is 4.41. The van der Waals surface area contributed by atoms with Gasteiger partial charge in [-0.3, -0.25) is 9.59 Å². The Hall–Kier alpha value is -5.05. The van der Waals surface area contributed by atoms with Crippen LogP contribution in [-0.4, -0.2) is 49.0 Å². The Kier molecular flexibility index (Phi) is 21.5. The first-order valence-corrected chi connectivity index (χ1v) is 17.2. The summed E-state index contributed by atoms with van der Waals surface area (Å²) in [6, 6.07) is 31.1. The van der Waals surface area contributed by atoms with Crippen LogP contribution in [0.1, 0.15) is 96.9 Å². The predicted octanol–water partition coefficient (Wildman–Crippen LogP) is 7.85. The van der Waals surface area contributed by atoms with Crippen molar-refractivity contribution in [1.82, 2.24) is 5.32 Å². The van der Waals surface area contributed by atoms with Gasteiger partial charge in [0.15, 0.2) is 5.78 Å². The highest BCUT2D eigenvalue weighted by Gasteiger charge is 2.20. The van der Waals surface area contributed by atoms with Crippen LogP contribution >= 0.6 is 0 Å². The van der Waals surface area contributed by atoms with Crippen molar-refractivity contribution < 1.29 is 24.2 Å². The first kappa shape index (κ1) is 43.0. The molecule has 0 heterocycles. The van der Waals surface area contributed by atoms with E-state index in [-0.39, 0.29) is 34.3 Å². The molecule has 0 radical (unpaired) electrons. The van der Waals surface area contributed by atoms with Crippen LogP contribution in [0.2, 0.25) is 0 Å². The molecule has 0 fully saturated rings. The van der Waals surface area contributed by atoms with Crippen molar-refractivity contribution >= 4 is 23.2 Å². The Balaban J connectivity index is 0.000000432. The summed E-state index contributed by atoms with van der Waals surface area (Å²) in [7, 11) is 0. The van der Waals surface area contributed by atoms with Gasteiger partial charge in [0.1, 0.15) is 5.75 Å². The number of benzene rings is 4. The van der Waals surface area contributed by atoms with E-state index in [1.165, 1.54) is 18.9 Å². The van der Waals surface area contributed by atoms with E-state index in [4.69, 9.17) is 16.2 Å². The molecule has 0 aliphatic heterocycles. The lowest BCUT2D eigenvalue weighted by atomic mass is 9.93. The Bertz CT molecular complexity index is 1580. The summed E-state index contributed by atoms with van der Waals surface area (Å²) in [5, 5.41) is 12.6. The molecule has 8 heteroatoms. The highest BCUT2D eigenvalue weighted by Crippen LogP contribution is 2.27. The fourth-order valence-electron chi connectivity index (χ4n) is 4.41. The molecule has 8 nitrogen and oxygen atoms in total. The van der Waals surface area contributed by atoms with Crippen molar-refractivity contribution in [3.8, 4) is 5.75 Å². The van der Waals surface area contributed by atoms with Crippen LogP contribution in [0.15, 0.2) is 109 Å². The molecule has 0 aliphatic rings. The van der Waals surface area contributed by atoms with E-state index >= 15 is 0 Å². The predicted molar refractivity (Wildman–Crippen MR) is 205 cm³/mol. The number of hydrogen-bond acceptors (Lipinski definition) is 7. The molecule has 0 bridgehead atoms. The van der Waals surface area contributed by atoms with Gasteiger partial charge in [-0.2, -0.15) is 0 Å². The van der Waals surface area contributed by atoms with E-state index in [1.54, 1.807) is 43.3 Å². The first-order chi connectivity index (χ1) is 24.1. The molecule has 0 unspecified atom stereocenters. The SMILES string of the molecule is CC(C(=O)OCCCN)=C(c1ccccc1)c1ccccc1.CCC.CCC.Cc1ccc(C(=O)c2ccccc2C(=O)NCCN)c(O)c1. The van der Waals surface area contributed by atoms with Gasteiger partial charge in [0.05, 0.1) is 17.7 Å². The maximum atomic E-state index is 12.6. The maximum absolute atomic E-state index is 12.6. The lowest BCUT2D eigenvalue weighted by Crippen LogP contribution is -2.30. The number of aromatic hydroxyl groups is 1. The van der Waals surface area contributed by atoms with Crippen molar-refractivity contribution in [2.45, 2.75) is 60.8 Å².